The van der Waals surface area contributed by atoms with Crippen LogP contribution in [-0.4, -0.2) is 26.2 Å². The average molecular weight is 386 g/mol. The maximum atomic E-state index is 5.51. The zero-order chi connectivity index (χ0) is 18.0. The van der Waals surface area contributed by atoms with Gasteiger partial charge >= 0.3 is 0 Å². The van der Waals surface area contributed by atoms with E-state index in [1.54, 1.807) is 0 Å². The second-order valence-corrected chi connectivity index (χ2v) is 6.93. The lowest BCUT2D eigenvalue weighted by atomic mass is 9.97. The molecule has 4 heteroatoms. The molecule has 0 saturated carbocycles. The van der Waals surface area contributed by atoms with Gasteiger partial charge in [-0.1, -0.05) is 48.5 Å². The highest BCUT2D eigenvalue weighted by molar-refractivity contribution is 6.02. The predicted octanol–water partition coefficient (Wildman–Crippen LogP) is 4.61. The summed E-state index contributed by atoms with van der Waals surface area (Å²) in [4.78, 5) is 0. The van der Waals surface area contributed by atoms with Gasteiger partial charge in [0.1, 0.15) is 0 Å². The molecule has 0 unspecified atom stereocenters. The molecule has 0 aromatic heterocycles. The number of benzene rings is 3. The number of rotatable bonds is 11. The molecule has 0 fully saturated rings. The first-order valence-corrected chi connectivity index (χ1v) is 9.91. The van der Waals surface area contributed by atoms with E-state index in [4.69, 9.17) is 5.73 Å². The van der Waals surface area contributed by atoms with Gasteiger partial charge in [-0.2, -0.15) is 0 Å². The normalized spacial score (nSPS) is 11.0. The van der Waals surface area contributed by atoms with Crippen molar-refractivity contribution in [1.82, 2.24) is 10.6 Å². The number of halogens is 1. The molecule has 3 aromatic rings. The van der Waals surface area contributed by atoms with Crippen LogP contribution in [0.15, 0.2) is 54.6 Å². The van der Waals surface area contributed by atoms with Crippen LogP contribution < -0.4 is 16.4 Å². The number of hydrogen-bond acceptors (Lipinski definition) is 3. The first-order valence-electron chi connectivity index (χ1n) is 9.91. The fourth-order valence-corrected chi connectivity index (χ4v) is 3.53. The van der Waals surface area contributed by atoms with E-state index in [-0.39, 0.29) is 12.4 Å². The van der Waals surface area contributed by atoms with Crippen molar-refractivity contribution in [3.8, 4) is 0 Å². The molecule has 0 saturated heterocycles. The summed E-state index contributed by atoms with van der Waals surface area (Å²) in [7, 11) is 0. The Morgan fingerprint density at radius 3 is 1.78 bits per heavy atom. The zero-order valence-corrected chi connectivity index (χ0v) is 16.9. The molecule has 0 aliphatic heterocycles. The molecule has 0 amide bonds. The van der Waals surface area contributed by atoms with E-state index in [9.17, 15) is 0 Å². The second-order valence-electron chi connectivity index (χ2n) is 6.93. The number of nitrogens with two attached hydrogens (primary N) is 1. The summed E-state index contributed by atoms with van der Waals surface area (Å²) in [6.45, 7) is 4.97. The molecular weight excluding hydrogens is 354 g/mol. The van der Waals surface area contributed by atoms with Crippen molar-refractivity contribution >= 4 is 34.0 Å². The third kappa shape index (κ3) is 6.18. The molecule has 146 valence electrons. The summed E-state index contributed by atoms with van der Waals surface area (Å²) in [5.41, 5.74) is 6.92. The summed E-state index contributed by atoms with van der Waals surface area (Å²) in [6, 6.07) is 19.7. The van der Waals surface area contributed by atoms with E-state index >= 15 is 0 Å². The Balaban J connectivity index is 0.00000261. The maximum Gasteiger partial charge on any atom is 0.0217 e. The molecule has 0 aliphatic rings. The highest BCUT2D eigenvalue weighted by Gasteiger charge is 2.06. The number of hydrogen-bond donors (Lipinski definition) is 3. The quantitative estimate of drug-likeness (QED) is 0.333. The van der Waals surface area contributed by atoms with Crippen LogP contribution >= 0.6 is 12.4 Å². The van der Waals surface area contributed by atoms with Crippen LogP contribution in [0.1, 0.15) is 31.2 Å². The lowest BCUT2D eigenvalue weighted by molar-refractivity contribution is 0.569. The Morgan fingerprint density at radius 2 is 1.19 bits per heavy atom. The molecule has 3 nitrogen and oxygen atoms in total. The third-order valence-corrected chi connectivity index (χ3v) is 4.95. The SMILES string of the molecule is Cl.NCCCCNCCCCNCc1c2ccccc2cc2ccccc12. The van der Waals surface area contributed by atoms with E-state index < -0.39 is 0 Å². The third-order valence-electron chi connectivity index (χ3n) is 4.95. The highest BCUT2D eigenvalue weighted by Crippen LogP contribution is 2.28. The zero-order valence-electron chi connectivity index (χ0n) is 16.0. The van der Waals surface area contributed by atoms with E-state index in [1.807, 2.05) is 0 Å². The minimum absolute atomic E-state index is 0. The highest BCUT2D eigenvalue weighted by atomic mass is 35.5. The molecule has 0 heterocycles. The molecule has 0 atom stereocenters. The topological polar surface area (TPSA) is 50.1 Å². The Morgan fingerprint density at radius 1 is 0.667 bits per heavy atom. The fraction of sp³-hybridized carbons (Fsp3) is 0.391. The van der Waals surface area contributed by atoms with Crippen LogP contribution in [0.4, 0.5) is 0 Å². The fourth-order valence-electron chi connectivity index (χ4n) is 3.53. The molecule has 27 heavy (non-hydrogen) atoms. The van der Waals surface area contributed by atoms with Gasteiger partial charge < -0.3 is 16.4 Å². The summed E-state index contributed by atoms with van der Waals surface area (Å²) >= 11 is 0. The molecule has 0 spiro atoms. The van der Waals surface area contributed by atoms with Gasteiger partial charge in [0.25, 0.3) is 0 Å². The lowest BCUT2D eigenvalue weighted by Gasteiger charge is -2.13. The maximum absolute atomic E-state index is 5.51. The minimum atomic E-state index is 0. The van der Waals surface area contributed by atoms with Gasteiger partial charge in [0.15, 0.2) is 0 Å². The molecule has 0 bridgehead atoms. The summed E-state index contributed by atoms with van der Waals surface area (Å²) < 4.78 is 0. The van der Waals surface area contributed by atoms with Crippen molar-refractivity contribution in [2.45, 2.75) is 32.2 Å². The largest absolute Gasteiger partial charge is 0.330 e. The van der Waals surface area contributed by atoms with Crippen molar-refractivity contribution in [2.24, 2.45) is 5.73 Å². The van der Waals surface area contributed by atoms with Crippen molar-refractivity contribution in [2.75, 3.05) is 26.2 Å². The Bertz CT molecular complexity index is 765. The van der Waals surface area contributed by atoms with Crippen molar-refractivity contribution < 1.29 is 0 Å². The Labute approximate surface area is 169 Å². The summed E-state index contributed by atoms with van der Waals surface area (Å²) in [6.07, 6.45) is 4.72. The Kier molecular flexibility index (Phi) is 9.57. The van der Waals surface area contributed by atoms with Crippen LogP contribution in [-0.2, 0) is 6.54 Å². The van der Waals surface area contributed by atoms with Gasteiger partial charge in [0, 0.05) is 6.54 Å². The molecular formula is C23H32ClN3. The van der Waals surface area contributed by atoms with Crippen molar-refractivity contribution in [1.29, 1.82) is 0 Å². The predicted molar refractivity (Wildman–Crippen MR) is 121 cm³/mol. The van der Waals surface area contributed by atoms with Gasteiger partial charge in [0.2, 0.25) is 0 Å². The van der Waals surface area contributed by atoms with Crippen molar-refractivity contribution in [3.05, 3.63) is 60.2 Å². The van der Waals surface area contributed by atoms with Crippen LogP contribution in [0.3, 0.4) is 0 Å². The summed E-state index contributed by atoms with van der Waals surface area (Å²) in [5.74, 6) is 0. The lowest BCUT2D eigenvalue weighted by Crippen LogP contribution is -2.20. The van der Waals surface area contributed by atoms with E-state index in [1.165, 1.54) is 46.4 Å². The van der Waals surface area contributed by atoms with Crippen LogP contribution in [0.5, 0.6) is 0 Å². The van der Waals surface area contributed by atoms with E-state index in [2.05, 4.69) is 65.2 Å². The van der Waals surface area contributed by atoms with Crippen LogP contribution in [0, 0.1) is 0 Å². The van der Waals surface area contributed by atoms with E-state index in [0.29, 0.717) is 0 Å². The van der Waals surface area contributed by atoms with Crippen molar-refractivity contribution in [3.63, 3.8) is 0 Å². The van der Waals surface area contributed by atoms with Gasteiger partial charge in [-0.25, -0.2) is 0 Å². The average Bonchev–Trinajstić information content (AvgIpc) is 2.68. The van der Waals surface area contributed by atoms with E-state index in [0.717, 1.165) is 39.1 Å². The van der Waals surface area contributed by atoms with Gasteiger partial charge in [-0.05, 0) is 85.0 Å². The monoisotopic (exact) mass is 385 g/mol. The smallest absolute Gasteiger partial charge is 0.0217 e. The first kappa shape index (κ1) is 21.6. The van der Waals surface area contributed by atoms with Gasteiger partial charge in [-0.3, -0.25) is 0 Å². The molecule has 0 radical (unpaired) electrons. The molecule has 4 N–H and O–H groups in total. The van der Waals surface area contributed by atoms with Gasteiger partial charge in [-0.15, -0.1) is 12.4 Å². The standard InChI is InChI=1S/C23H31N3.ClH/c24-13-5-6-14-25-15-7-8-16-26-18-23-21-11-3-1-9-19(21)17-20-10-2-4-12-22(20)23;/h1-4,9-12,17,25-26H,5-8,13-16,18,24H2;1H. The Hall–Kier alpha value is -1.65. The van der Waals surface area contributed by atoms with Crippen LogP contribution in [0.25, 0.3) is 21.5 Å². The van der Waals surface area contributed by atoms with Gasteiger partial charge in [0.05, 0.1) is 0 Å². The number of unbranched alkanes of at least 4 members (excludes halogenated alkanes) is 2. The first-order chi connectivity index (χ1) is 12.9. The second kappa shape index (κ2) is 11.9. The molecule has 3 rings (SSSR count). The molecule has 3 aromatic carbocycles. The number of nitrogens with one attached hydrogen (secondary N) is 2. The minimum Gasteiger partial charge on any atom is -0.330 e. The number of fused-ring (bicyclic) bond motifs is 2. The molecule has 0 aliphatic carbocycles. The summed E-state index contributed by atoms with van der Waals surface area (Å²) in [5, 5.41) is 12.5. The van der Waals surface area contributed by atoms with Crippen LogP contribution in [0.2, 0.25) is 0 Å².